The molecule has 7 heteroatoms. The van der Waals surface area contributed by atoms with E-state index in [9.17, 15) is 0 Å². The van der Waals surface area contributed by atoms with E-state index in [2.05, 4.69) is 113 Å². The second kappa shape index (κ2) is 12.0. The van der Waals surface area contributed by atoms with Crippen LogP contribution in [0.1, 0.15) is 24.1 Å². The molecule has 0 bridgehead atoms. The number of pyridine rings is 1. The van der Waals surface area contributed by atoms with Crippen LogP contribution in [0.5, 0.6) is 0 Å². The van der Waals surface area contributed by atoms with E-state index in [4.69, 9.17) is 19.6 Å². The number of fused-ring (bicyclic) bond motifs is 1. The van der Waals surface area contributed by atoms with Crippen molar-refractivity contribution in [2.24, 2.45) is 11.0 Å². The van der Waals surface area contributed by atoms with Crippen molar-refractivity contribution < 1.29 is 9.47 Å². The number of aromatic nitrogens is 1. The van der Waals surface area contributed by atoms with Crippen LogP contribution in [-0.2, 0) is 9.47 Å². The minimum absolute atomic E-state index is 0.0424. The van der Waals surface area contributed by atoms with Crippen molar-refractivity contribution in [1.29, 1.82) is 0 Å². The van der Waals surface area contributed by atoms with E-state index in [-0.39, 0.29) is 12.0 Å². The van der Waals surface area contributed by atoms with E-state index >= 15 is 0 Å². The second-order valence-electron chi connectivity index (χ2n) is 11.2. The Morgan fingerprint density at radius 3 is 1.98 bits per heavy atom. The first-order valence-electron chi connectivity index (χ1n) is 15.0. The third-order valence-electron chi connectivity index (χ3n) is 8.57. The first kappa shape index (κ1) is 26.7. The normalized spacial score (nSPS) is 21.4. The number of rotatable bonds is 6. The zero-order valence-electron chi connectivity index (χ0n) is 24.1. The number of morpholine rings is 2. The largest absolute Gasteiger partial charge is 0.378 e. The van der Waals surface area contributed by atoms with Gasteiger partial charge in [-0.1, -0.05) is 55.5 Å². The lowest BCUT2D eigenvalue weighted by atomic mass is 9.91. The molecule has 4 heterocycles. The number of hydrogen-bond acceptors (Lipinski definition) is 7. The highest BCUT2D eigenvalue weighted by Crippen LogP contribution is 2.40. The topological polar surface area (TPSA) is 53.4 Å². The predicted molar refractivity (Wildman–Crippen MR) is 172 cm³/mol. The Balaban J connectivity index is 1.17. The molecular formula is C35H37N5O2. The van der Waals surface area contributed by atoms with Crippen LogP contribution in [0.25, 0.3) is 17.0 Å². The van der Waals surface area contributed by atoms with Crippen molar-refractivity contribution >= 4 is 39.9 Å². The summed E-state index contributed by atoms with van der Waals surface area (Å²) in [6.45, 7) is 9.15. The molecule has 2 fully saturated rings. The summed E-state index contributed by atoms with van der Waals surface area (Å²) in [5, 5.41) is 8.42. The van der Waals surface area contributed by atoms with Gasteiger partial charge in [0.1, 0.15) is 5.82 Å². The SMILES string of the molecule is CC1C(C=Cc2ccc(N3CCOCC3)cc2)=NN(c2ccc3ccccc3n2)C1c1ccc(N2CCOCC2)cc1. The summed E-state index contributed by atoms with van der Waals surface area (Å²) in [5.41, 5.74) is 6.90. The van der Waals surface area contributed by atoms with Gasteiger partial charge in [-0.05, 0) is 59.7 Å². The van der Waals surface area contributed by atoms with E-state index in [1.807, 2.05) is 6.07 Å². The second-order valence-corrected chi connectivity index (χ2v) is 11.2. The molecule has 0 radical (unpaired) electrons. The van der Waals surface area contributed by atoms with Gasteiger partial charge in [-0.15, -0.1) is 0 Å². The van der Waals surface area contributed by atoms with Gasteiger partial charge in [0.2, 0.25) is 0 Å². The van der Waals surface area contributed by atoms with E-state index in [0.717, 1.165) is 80.6 Å². The van der Waals surface area contributed by atoms with Crippen LogP contribution in [0.4, 0.5) is 17.2 Å². The molecule has 0 saturated carbocycles. The molecule has 42 heavy (non-hydrogen) atoms. The van der Waals surface area contributed by atoms with Gasteiger partial charge in [0.15, 0.2) is 0 Å². The monoisotopic (exact) mass is 559 g/mol. The Hall–Kier alpha value is -4.20. The Bertz CT molecular complexity index is 1570. The molecule has 2 atom stereocenters. The van der Waals surface area contributed by atoms with Gasteiger partial charge in [-0.25, -0.2) is 9.99 Å². The van der Waals surface area contributed by atoms with Crippen molar-refractivity contribution in [1.82, 2.24) is 4.98 Å². The van der Waals surface area contributed by atoms with Crippen LogP contribution in [0.15, 0.2) is 96.1 Å². The highest BCUT2D eigenvalue weighted by atomic mass is 16.5. The molecule has 214 valence electrons. The number of para-hydroxylation sites is 1. The first-order valence-corrected chi connectivity index (χ1v) is 15.0. The molecular weight excluding hydrogens is 522 g/mol. The van der Waals surface area contributed by atoms with Gasteiger partial charge in [-0.3, -0.25) is 0 Å². The lowest BCUT2D eigenvalue weighted by molar-refractivity contribution is 0.122. The molecule has 0 N–H and O–H groups in total. The number of ether oxygens (including phenoxy) is 2. The summed E-state index contributed by atoms with van der Waals surface area (Å²) in [6.07, 6.45) is 4.35. The Morgan fingerprint density at radius 1 is 0.690 bits per heavy atom. The Kier molecular flexibility index (Phi) is 7.60. The van der Waals surface area contributed by atoms with Crippen LogP contribution in [0.2, 0.25) is 0 Å². The fourth-order valence-corrected chi connectivity index (χ4v) is 6.15. The first-order chi connectivity index (χ1) is 20.7. The van der Waals surface area contributed by atoms with Gasteiger partial charge >= 0.3 is 0 Å². The minimum atomic E-state index is 0.0424. The molecule has 0 spiro atoms. The van der Waals surface area contributed by atoms with E-state index in [0.29, 0.717) is 0 Å². The molecule has 1 aromatic heterocycles. The molecule has 7 nitrogen and oxygen atoms in total. The van der Waals surface area contributed by atoms with E-state index < -0.39 is 0 Å². The van der Waals surface area contributed by atoms with Gasteiger partial charge in [0.05, 0.1) is 43.7 Å². The lowest BCUT2D eigenvalue weighted by Gasteiger charge is -2.30. The third kappa shape index (κ3) is 5.50. The van der Waals surface area contributed by atoms with Crippen LogP contribution in [-0.4, -0.2) is 63.3 Å². The predicted octanol–water partition coefficient (Wildman–Crippen LogP) is 6.17. The number of anilines is 3. The van der Waals surface area contributed by atoms with Crippen molar-refractivity contribution in [2.75, 3.05) is 67.4 Å². The summed E-state index contributed by atoms with van der Waals surface area (Å²) >= 11 is 0. The molecule has 2 unspecified atom stereocenters. The van der Waals surface area contributed by atoms with E-state index in [1.165, 1.54) is 16.9 Å². The van der Waals surface area contributed by atoms with Crippen LogP contribution < -0.4 is 14.8 Å². The number of benzene rings is 3. The Morgan fingerprint density at radius 2 is 1.31 bits per heavy atom. The van der Waals surface area contributed by atoms with Gasteiger partial charge in [0.25, 0.3) is 0 Å². The molecule has 7 rings (SSSR count). The number of allylic oxidation sites excluding steroid dienone is 1. The standard InChI is InChI=1S/C35H37N5O2/c1-26-32(16-8-27-6-12-30(13-7-27)38-18-22-41-23-19-38)37-40(34-17-11-28-4-2-3-5-33(28)36-34)35(26)29-9-14-31(15-10-29)39-20-24-42-25-21-39/h2-17,26,35H,18-25H2,1H3. The van der Waals surface area contributed by atoms with Crippen molar-refractivity contribution in [3.63, 3.8) is 0 Å². The highest BCUT2D eigenvalue weighted by molar-refractivity contribution is 6.02. The number of nitrogens with zero attached hydrogens (tertiary/aromatic N) is 5. The summed E-state index contributed by atoms with van der Waals surface area (Å²) in [4.78, 5) is 9.79. The maximum absolute atomic E-state index is 5.55. The highest BCUT2D eigenvalue weighted by Gasteiger charge is 2.36. The summed E-state index contributed by atoms with van der Waals surface area (Å²) < 4.78 is 11.1. The maximum atomic E-state index is 5.55. The maximum Gasteiger partial charge on any atom is 0.150 e. The van der Waals surface area contributed by atoms with Crippen molar-refractivity contribution in [3.8, 4) is 0 Å². The molecule has 0 aliphatic carbocycles. The van der Waals surface area contributed by atoms with Crippen LogP contribution in [0.3, 0.4) is 0 Å². The lowest BCUT2D eigenvalue weighted by Crippen LogP contribution is -2.36. The fourth-order valence-electron chi connectivity index (χ4n) is 6.15. The zero-order chi connectivity index (χ0) is 28.3. The van der Waals surface area contributed by atoms with Gasteiger partial charge in [0, 0.05) is 48.9 Å². The fraction of sp³-hybridized carbons (Fsp3) is 0.314. The summed E-state index contributed by atoms with van der Waals surface area (Å²) in [7, 11) is 0. The smallest absolute Gasteiger partial charge is 0.150 e. The Labute approximate surface area is 247 Å². The van der Waals surface area contributed by atoms with Crippen molar-refractivity contribution in [2.45, 2.75) is 13.0 Å². The molecule has 2 saturated heterocycles. The number of hydrazone groups is 1. The minimum Gasteiger partial charge on any atom is -0.378 e. The van der Waals surface area contributed by atoms with Gasteiger partial charge < -0.3 is 19.3 Å². The summed E-state index contributed by atoms with van der Waals surface area (Å²) in [5.74, 6) is 1.04. The van der Waals surface area contributed by atoms with Crippen LogP contribution in [0, 0.1) is 5.92 Å². The van der Waals surface area contributed by atoms with Gasteiger partial charge in [-0.2, -0.15) is 5.10 Å². The van der Waals surface area contributed by atoms with Crippen molar-refractivity contribution in [3.05, 3.63) is 102 Å². The quantitative estimate of drug-likeness (QED) is 0.282. The third-order valence-corrected chi connectivity index (χ3v) is 8.57. The molecule has 4 aromatic rings. The van der Waals surface area contributed by atoms with Crippen LogP contribution >= 0.6 is 0 Å². The molecule has 3 aliphatic heterocycles. The summed E-state index contributed by atoms with van der Waals surface area (Å²) in [6, 6.07) is 30.3. The molecule has 0 amide bonds. The van der Waals surface area contributed by atoms with E-state index in [1.54, 1.807) is 0 Å². The molecule has 3 aromatic carbocycles. The zero-order valence-corrected chi connectivity index (χ0v) is 24.1. The number of hydrogen-bond donors (Lipinski definition) is 0. The molecule has 3 aliphatic rings. The average Bonchev–Trinajstić information content (AvgIpc) is 3.40. The average molecular weight is 560 g/mol.